The first kappa shape index (κ1) is 10.5. The van der Waals surface area contributed by atoms with Gasteiger partial charge in [0.1, 0.15) is 0 Å². The van der Waals surface area contributed by atoms with Gasteiger partial charge >= 0.3 is 0 Å². The van der Waals surface area contributed by atoms with E-state index in [9.17, 15) is 0 Å². The van der Waals surface area contributed by atoms with Crippen LogP contribution in [0.25, 0.3) is 6.08 Å². The highest BCUT2D eigenvalue weighted by Gasteiger charge is 2.01. The van der Waals surface area contributed by atoms with Crippen LogP contribution in [0, 0.1) is 0 Å². The van der Waals surface area contributed by atoms with E-state index in [4.69, 9.17) is 15.6 Å². The summed E-state index contributed by atoms with van der Waals surface area (Å²) in [5.41, 5.74) is 6.15. The molecular formula is C9H13N3O2. The third kappa shape index (κ3) is 2.70. The van der Waals surface area contributed by atoms with Crippen molar-refractivity contribution in [3.8, 4) is 5.88 Å². The van der Waals surface area contributed by atoms with Crippen LogP contribution >= 0.6 is 0 Å². The lowest BCUT2D eigenvalue weighted by Gasteiger charge is -2.01. The van der Waals surface area contributed by atoms with Gasteiger partial charge in [0.25, 0.3) is 5.88 Å². The van der Waals surface area contributed by atoms with Gasteiger partial charge in [-0.25, -0.2) is 9.97 Å². The van der Waals surface area contributed by atoms with Crippen molar-refractivity contribution in [3.63, 3.8) is 0 Å². The van der Waals surface area contributed by atoms with Gasteiger partial charge in [-0.15, -0.1) is 0 Å². The van der Waals surface area contributed by atoms with Crippen LogP contribution in [-0.2, 0) is 0 Å². The molecule has 76 valence electrons. The minimum absolute atomic E-state index is 0.121. The van der Waals surface area contributed by atoms with Crippen molar-refractivity contribution in [2.45, 2.75) is 6.42 Å². The molecule has 0 saturated heterocycles. The quantitative estimate of drug-likeness (QED) is 0.729. The van der Waals surface area contributed by atoms with E-state index < -0.39 is 0 Å². The summed E-state index contributed by atoms with van der Waals surface area (Å²) in [5, 5.41) is 8.56. The van der Waals surface area contributed by atoms with E-state index in [0.29, 0.717) is 18.0 Å². The van der Waals surface area contributed by atoms with Gasteiger partial charge in [-0.1, -0.05) is 6.08 Å². The maximum absolute atomic E-state index is 8.56. The Morgan fingerprint density at radius 1 is 1.64 bits per heavy atom. The number of anilines is 1. The molecule has 14 heavy (non-hydrogen) atoms. The van der Waals surface area contributed by atoms with Crippen molar-refractivity contribution >= 4 is 11.9 Å². The second-order valence-corrected chi connectivity index (χ2v) is 2.60. The molecule has 0 radical (unpaired) electrons. The van der Waals surface area contributed by atoms with Crippen molar-refractivity contribution in [3.05, 3.63) is 18.0 Å². The predicted molar refractivity (Wildman–Crippen MR) is 53.7 cm³/mol. The molecule has 0 saturated carbocycles. The van der Waals surface area contributed by atoms with Crippen molar-refractivity contribution in [2.24, 2.45) is 0 Å². The molecule has 1 aromatic heterocycles. The Kier molecular flexibility index (Phi) is 3.87. The number of hydrogen-bond acceptors (Lipinski definition) is 5. The van der Waals surface area contributed by atoms with Crippen LogP contribution in [0.4, 0.5) is 5.82 Å². The van der Waals surface area contributed by atoms with Gasteiger partial charge in [-0.2, -0.15) is 0 Å². The van der Waals surface area contributed by atoms with Crippen LogP contribution in [0.1, 0.15) is 12.1 Å². The Bertz CT molecular complexity index is 326. The monoisotopic (exact) mass is 195 g/mol. The molecular weight excluding hydrogens is 182 g/mol. The minimum Gasteiger partial charge on any atom is -0.478 e. The third-order valence-corrected chi connectivity index (χ3v) is 1.56. The Morgan fingerprint density at radius 2 is 2.43 bits per heavy atom. The lowest BCUT2D eigenvalue weighted by Crippen LogP contribution is -1.99. The van der Waals surface area contributed by atoms with E-state index in [1.54, 1.807) is 18.3 Å². The highest BCUT2D eigenvalue weighted by atomic mass is 16.5. The van der Waals surface area contributed by atoms with Crippen molar-refractivity contribution in [1.29, 1.82) is 0 Å². The Hall–Kier alpha value is -1.62. The number of hydrogen-bond donors (Lipinski definition) is 2. The van der Waals surface area contributed by atoms with Gasteiger partial charge in [0.05, 0.1) is 19.0 Å². The van der Waals surface area contributed by atoms with Gasteiger partial charge < -0.3 is 15.6 Å². The van der Waals surface area contributed by atoms with Gasteiger partial charge in [0, 0.05) is 6.61 Å². The molecule has 0 aromatic carbocycles. The molecule has 3 N–H and O–H groups in total. The van der Waals surface area contributed by atoms with Crippen LogP contribution in [0.5, 0.6) is 5.88 Å². The molecule has 0 amide bonds. The zero-order valence-corrected chi connectivity index (χ0v) is 7.97. The Balaban J connectivity index is 2.79. The smallest absolute Gasteiger partial charge is 0.257 e. The highest BCUT2D eigenvalue weighted by molar-refractivity contribution is 5.49. The van der Waals surface area contributed by atoms with E-state index in [-0.39, 0.29) is 12.4 Å². The molecule has 0 aliphatic rings. The normalized spacial score (nSPS) is 10.7. The van der Waals surface area contributed by atoms with Gasteiger partial charge in [-0.05, 0) is 12.5 Å². The van der Waals surface area contributed by atoms with E-state index in [2.05, 4.69) is 9.97 Å². The van der Waals surface area contributed by atoms with E-state index in [1.165, 1.54) is 7.11 Å². The first-order valence-corrected chi connectivity index (χ1v) is 4.22. The lowest BCUT2D eigenvalue weighted by atomic mass is 10.3. The summed E-state index contributed by atoms with van der Waals surface area (Å²) in [6.07, 6.45) is 5.70. The third-order valence-electron chi connectivity index (χ3n) is 1.56. The largest absolute Gasteiger partial charge is 0.478 e. The summed E-state index contributed by atoms with van der Waals surface area (Å²) >= 11 is 0. The summed E-state index contributed by atoms with van der Waals surface area (Å²) < 4.78 is 4.91. The van der Waals surface area contributed by atoms with Crippen LogP contribution in [-0.4, -0.2) is 28.8 Å². The lowest BCUT2D eigenvalue weighted by molar-refractivity contribution is 0.303. The molecule has 5 heteroatoms. The number of ether oxygens (including phenoxy) is 1. The van der Waals surface area contributed by atoms with Crippen LogP contribution < -0.4 is 10.5 Å². The van der Waals surface area contributed by atoms with Crippen LogP contribution in [0.15, 0.2) is 12.3 Å². The topological polar surface area (TPSA) is 81.3 Å². The second-order valence-electron chi connectivity index (χ2n) is 2.60. The highest BCUT2D eigenvalue weighted by Crippen LogP contribution is 2.14. The van der Waals surface area contributed by atoms with Gasteiger partial charge in [0.15, 0.2) is 5.82 Å². The number of nitrogens with two attached hydrogens (primary N) is 1. The maximum atomic E-state index is 8.56. The molecule has 0 fully saturated rings. The minimum atomic E-state index is 0.121. The number of nitrogens with zero attached hydrogens (tertiary/aromatic N) is 2. The van der Waals surface area contributed by atoms with Gasteiger partial charge in [-0.3, -0.25) is 0 Å². The summed E-state index contributed by atoms with van der Waals surface area (Å²) in [5.74, 6) is 0.586. The fourth-order valence-electron chi connectivity index (χ4n) is 0.903. The van der Waals surface area contributed by atoms with E-state index >= 15 is 0 Å². The fraction of sp³-hybridized carbons (Fsp3) is 0.333. The summed E-state index contributed by atoms with van der Waals surface area (Å²) in [4.78, 5) is 7.99. The van der Waals surface area contributed by atoms with Crippen molar-refractivity contribution < 1.29 is 9.84 Å². The summed E-state index contributed by atoms with van der Waals surface area (Å²) in [6.45, 7) is 0.121. The molecule has 0 unspecified atom stereocenters. The number of aliphatic hydroxyl groups excluding tert-OH is 1. The predicted octanol–water partition coefficient (Wildman–Crippen LogP) is 0.463. The Morgan fingerprint density at radius 3 is 3.07 bits per heavy atom. The first-order valence-electron chi connectivity index (χ1n) is 4.22. The molecule has 0 bridgehead atoms. The van der Waals surface area contributed by atoms with E-state index in [0.717, 1.165) is 0 Å². The number of methoxy groups -OCH3 is 1. The zero-order valence-electron chi connectivity index (χ0n) is 7.97. The maximum Gasteiger partial charge on any atom is 0.257 e. The summed E-state index contributed by atoms with van der Waals surface area (Å²) in [7, 11) is 1.49. The molecule has 1 heterocycles. The van der Waals surface area contributed by atoms with Crippen molar-refractivity contribution in [2.75, 3.05) is 19.5 Å². The molecule has 5 nitrogen and oxygen atoms in total. The second kappa shape index (κ2) is 5.18. The zero-order chi connectivity index (χ0) is 10.4. The van der Waals surface area contributed by atoms with Crippen LogP contribution in [0.3, 0.4) is 0 Å². The van der Waals surface area contributed by atoms with E-state index in [1.807, 2.05) is 0 Å². The number of nitrogen functional groups attached to an aromatic ring is 1. The standard InChI is InChI=1S/C9H13N3O2/c1-14-9-8(10)11-6-7(12-9)4-2-3-5-13/h2,4,6,13H,3,5H2,1H3,(H2,10,11). The number of aliphatic hydroxyl groups is 1. The molecule has 0 aliphatic carbocycles. The summed E-state index contributed by atoms with van der Waals surface area (Å²) in [6, 6.07) is 0. The fourth-order valence-corrected chi connectivity index (χ4v) is 0.903. The van der Waals surface area contributed by atoms with Crippen LogP contribution in [0.2, 0.25) is 0 Å². The van der Waals surface area contributed by atoms with Gasteiger partial charge in [0.2, 0.25) is 0 Å². The molecule has 0 spiro atoms. The molecule has 1 rings (SSSR count). The SMILES string of the molecule is COc1nc(C=CCCO)cnc1N. The average molecular weight is 195 g/mol. The average Bonchev–Trinajstić information content (AvgIpc) is 2.21. The number of aromatic nitrogens is 2. The Labute approximate surface area is 82.3 Å². The first-order chi connectivity index (χ1) is 6.77. The molecule has 0 atom stereocenters. The molecule has 0 aliphatic heterocycles. The number of rotatable bonds is 4. The van der Waals surface area contributed by atoms with Crippen molar-refractivity contribution in [1.82, 2.24) is 9.97 Å². The molecule has 1 aromatic rings.